The summed E-state index contributed by atoms with van der Waals surface area (Å²) in [4.78, 5) is 18.2. The number of carbonyl (C=O) groups is 1. The summed E-state index contributed by atoms with van der Waals surface area (Å²) in [6.07, 6.45) is 2.57. The lowest BCUT2D eigenvalue weighted by Crippen LogP contribution is -2.32. The van der Waals surface area contributed by atoms with E-state index in [2.05, 4.69) is 23.1 Å². The van der Waals surface area contributed by atoms with Crippen LogP contribution in [0.3, 0.4) is 0 Å². The molecule has 0 aliphatic carbocycles. The van der Waals surface area contributed by atoms with Gasteiger partial charge in [0.2, 0.25) is 0 Å². The number of carbonyl (C=O) groups excluding carboxylic acids is 1. The Morgan fingerprint density at radius 3 is 2.71 bits per heavy atom. The predicted molar refractivity (Wildman–Crippen MR) is 106 cm³/mol. The number of thiophene rings is 1. The van der Waals surface area contributed by atoms with Gasteiger partial charge in [-0.25, -0.2) is 0 Å². The van der Waals surface area contributed by atoms with Crippen molar-refractivity contribution >= 4 is 17.2 Å². The van der Waals surface area contributed by atoms with Crippen LogP contribution >= 0.6 is 11.3 Å². The number of hydrogen-bond donors (Lipinski definition) is 0. The minimum absolute atomic E-state index is 0.0156. The van der Waals surface area contributed by atoms with Crippen LogP contribution in [0, 0.1) is 0 Å². The van der Waals surface area contributed by atoms with E-state index in [0.29, 0.717) is 49.3 Å². The van der Waals surface area contributed by atoms with E-state index in [9.17, 15) is 4.79 Å². The Hall–Kier alpha value is -2.25. The summed E-state index contributed by atoms with van der Waals surface area (Å²) >= 11 is 1.39. The normalized spacial score (nSPS) is 19.1. The molecule has 6 nitrogen and oxygen atoms in total. The van der Waals surface area contributed by atoms with Gasteiger partial charge in [0.15, 0.2) is 11.5 Å². The zero-order valence-corrected chi connectivity index (χ0v) is 16.6. The molecule has 0 unspecified atom stereocenters. The summed E-state index contributed by atoms with van der Waals surface area (Å²) in [7, 11) is 0. The predicted octanol–water partition coefficient (Wildman–Crippen LogP) is 3.15. The molecule has 148 valence electrons. The molecule has 5 rings (SSSR count). The van der Waals surface area contributed by atoms with E-state index in [4.69, 9.17) is 14.2 Å². The molecule has 1 aromatic carbocycles. The number of hydrogen-bond acceptors (Lipinski definition) is 6. The quantitative estimate of drug-likeness (QED) is 0.792. The second kappa shape index (κ2) is 7.64. The molecule has 1 amide bonds. The number of ether oxygens (including phenoxy) is 3. The molecule has 1 saturated heterocycles. The molecule has 2 aromatic rings. The van der Waals surface area contributed by atoms with Gasteiger partial charge in [-0.3, -0.25) is 9.69 Å². The van der Waals surface area contributed by atoms with Gasteiger partial charge in [0.1, 0.15) is 30.4 Å². The summed E-state index contributed by atoms with van der Waals surface area (Å²) < 4.78 is 17.2. The highest BCUT2D eigenvalue weighted by molar-refractivity contribution is 7.12. The number of nitrogens with zero attached hydrogens (tertiary/aromatic N) is 2. The smallest absolute Gasteiger partial charge is 0.268 e. The first-order valence-electron chi connectivity index (χ1n) is 9.91. The highest BCUT2D eigenvalue weighted by Crippen LogP contribution is 2.40. The zero-order valence-electron chi connectivity index (χ0n) is 15.8. The minimum Gasteiger partial charge on any atom is -0.491 e. The van der Waals surface area contributed by atoms with Gasteiger partial charge >= 0.3 is 0 Å². The van der Waals surface area contributed by atoms with Gasteiger partial charge < -0.3 is 19.1 Å². The summed E-state index contributed by atoms with van der Waals surface area (Å²) in [5.41, 5.74) is 2.36. The van der Waals surface area contributed by atoms with Crippen LogP contribution in [0.25, 0.3) is 0 Å². The fourth-order valence-electron chi connectivity index (χ4n) is 4.07. The molecule has 0 N–H and O–H groups in total. The largest absolute Gasteiger partial charge is 0.491 e. The van der Waals surface area contributed by atoms with Crippen LogP contribution in [0.1, 0.15) is 33.6 Å². The first-order chi connectivity index (χ1) is 13.8. The molecule has 0 spiro atoms. The summed E-state index contributed by atoms with van der Waals surface area (Å²) in [6, 6.07) is 6.40. The van der Waals surface area contributed by atoms with E-state index < -0.39 is 0 Å². The second-order valence-corrected chi connectivity index (χ2v) is 8.34. The summed E-state index contributed by atoms with van der Waals surface area (Å²) in [5.74, 6) is 2.14. The lowest BCUT2D eigenvalue weighted by molar-refractivity contribution is 0.0729. The van der Waals surface area contributed by atoms with E-state index in [-0.39, 0.29) is 5.91 Å². The Bertz CT molecular complexity index is 875. The van der Waals surface area contributed by atoms with Crippen LogP contribution in [0.15, 0.2) is 23.6 Å². The van der Waals surface area contributed by atoms with Gasteiger partial charge in [-0.1, -0.05) is 6.07 Å². The third kappa shape index (κ3) is 3.44. The summed E-state index contributed by atoms with van der Waals surface area (Å²) in [6.45, 7) is 5.92. The maximum atomic E-state index is 13.2. The van der Waals surface area contributed by atoms with Crippen molar-refractivity contribution in [3.63, 3.8) is 0 Å². The topological polar surface area (TPSA) is 51.2 Å². The standard InChI is InChI=1S/C21H24N2O4S/c24-21(20-19-18(14-28-20)26-9-10-27-19)23-7-8-25-17-4-3-15(11-16(17)13-23)12-22-5-1-2-6-22/h3-4,11,14H,1-2,5-10,12-13H2. The van der Waals surface area contributed by atoms with E-state index in [1.165, 1.54) is 42.8 Å². The molecule has 3 aliphatic rings. The van der Waals surface area contributed by atoms with E-state index in [1.807, 2.05) is 10.3 Å². The number of amides is 1. The highest BCUT2D eigenvalue weighted by atomic mass is 32.1. The zero-order chi connectivity index (χ0) is 18.9. The van der Waals surface area contributed by atoms with Crippen LogP contribution in [0.5, 0.6) is 17.2 Å². The monoisotopic (exact) mass is 400 g/mol. The average Bonchev–Trinajstić information content (AvgIpc) is 3.33. The minimum atomic E-state index is -0.0156. The van der Waals surface area contributed by atoms with Crippen molar-refractivity contribution in [3.05, 3.63) is 39.6 Å². The molecule has 0 saturated carbocycles. The molecular formula is C21H24N2O4S. The van der Waals surface area contributed by atoms with Crippen molar-refractivity contribution in [2.24, 2.45) is 0 Å². The van der Waals surface area contributed by atoms with E-state index >= 15 is 0 Å². The third-order valence-corrected chi connectivity index (χ3v) is 6.42. The van der Waals surface area contributed by atoms with Crippen LogP contribution < -0.4 is 14.2 Å². The SMILES string of the molecule is O=C(c1scc2c1OCCO2)N1CCOc2ccc(CN3CCCC3)cc2C1. The van der Waals surface area contributed by atoms with Crippen LogP contribution in [0.2, 0.25) is 0 Å². The Balaban J connectivity index is 1.36. The lowest BCUT2D eigenvalue weighted by atomic mass is 10.1. The maximum Gasteiger partial charge on any atom is 0.268 e. The number of fused-ring (bicyclic) bond motifs is 2. The molecule has 1 fully saturated rings. The molecule has 4 heterocycles. The first-order valence-corrected chi connectivity index (χ1v) is 10.8. The lowest BCUT2D eigenvalue weighted by Gasteiger charge is -2.21. The number of benzene rings is 1. The molecule has 0 atom stereocenters. The average molecular weight is 401 g/mol. The molecule has 7 heteroatoms. The Kier molecular flexibility index (Phi) is 4.86. The Morgan fingerprint density at radius 2 is 1.82 bits per heavy atom. The summed E-state index contributed by atoms with van der Waals surface area (Å²) in [5, 5.41) is 1.86. The maximum absolute atomic E-state index is 13.2. The molecular weight excluding hydrogens is 376 g/mol. The Morgan fingerprint density at radius 1 is 1.00 bits per heavy atom. The molecule has 0 bridgehead atoms. The van der Waals surface area contributed by atoms with E-state index in [1.54, 1.807) is 0 Å². The Labute approximate surface area is 168 Å². The number of rotatable bonds is 3. The first kappa shape index (κ1) is 17.8. The van der Waals surface area contributed by atoms with Gasteiger partial charge in [-0.2, -0.15) is 0 Å². The van der Waals surface area contributed by atoms with Crippen molar-refractivity contribution in [3.8, 4) is 17.2 Å². The van der Waals surface area contributed by atoms with Gasteiger partial charge in [0.25, 0.3) is 5.91 Å². The molecule has 28 heavy (non-hydrogen) atoms. The second-order valence-electron chi connectivity index (χ2n) is 7.46. The van der Waals surface area contributed by atoms with Crippen molar-refractivity contribution in [1.82, 2.24) is 9.80 Å². The van der Waals surface area contributed by atoms with Gasteiger partial charge in [-0.15, -0.1) is 11.3 Å². The number of likely N-dealkylation sites (tertiary alicyclic amines) is 1. The van der Waals surface area contributed by atoms with Crippen molar-refractivity contribution in [2.45, 2.75) is 25.9 Å². The fraction of sp³-hybridized carbons (Fsp3) is 0.476. The highest BCUT2D eigenvalue weighted by Gasteiger charge is 2.29. The van der Waals surface area contributed by atoms with Gasteiger partial charge in [0.05, 0.1) is 6.54 Å². The van der Waals surface area contributed by atoms with Crippen molar-refractivity contribution < 1.29 is 19.0 Å². The van der Waals surface area contributed by atoms with E-state index in [0.717, 1.165) is 17.9 Å². The van der Waals surface area contributed by atoms with Crippen LogP contribution in [0.4, 0.5) is 0 Å². The van der Waals surface area contributed by atoms with Crippen molar-refractivity contribution in [2.75, 3.05) is 39.5 Å². The van der Waals surface area contributed by atoms with Crippen LogP contribution in [-0.4, -0.2) is 55.2 Å². The fourth-order valence-corrected chi connectivity index (χ4v) is 4.97. The van der Waals surface area contributed by atoms with Gasteiger partial charge in [0, 0.05) is 24.0 Å². The van der Waals surface area contributed by atoms with Crippen molar-refractivity contribution in [1.29, 1.82) is 0 Å². The van der Waals surface area contributed by atoms with Gasteiger partial charge in [-0.05, 0) is 43.6 Å². The molecule has 0 radical (unpaired) electrons. The third-order valence-electron chi connectivity index (χ3n) is 5.49. The van der Waals surface area contributed by atoms with Crippen LogP contribution in [-0.2, 0) is 13.1 Å². The molecule has 3 aliphatic heterocycles. The molecule has 1 aromatic heterocycles.